The highest BCUT2D eigenvalue weighted by Gasteiger charge is 2.18. The van der Waals surface area contributed by atoms with Gasteiger partial charge in [-0.3, -0.25) is 9.56 Å². The van der Waals surface area contributed by atoms with E-state index in [1.54, 1.807) is 4.57 Å². The lowest BCUT2D eigenvalue weighted by molar-refractivity contribution is 0.427. The third kappa shape index (κ3) is 2.83. The molecule has 0 aliphatic carbocycles. The summed E-state index contributed by atoms with van der Waals surface area (Å²) in [7, 11) is 1.82. The molecule has 1 aliphatic rings. The first-order valence-corrected chi connectivity index (χ1v) is 8.80. The smallest absolute Gasteiger partial charge is 0.210 e. The Labute approximate surface area is 149 Å². The summed E-state index contributed by atoms with van der Waals surface area (Å²) in [6.07, 6.45) is 1.99. The number of allylic oxidation sites excluding steroid dienone is 1. The lowest BCUT2D eigenvalue weighted by Gasteiger charge is -2.01. The Bertz CT molecular complexity index is 1070. The number of fused-ring (bicyclic) bond motifs is 1. The van der Waals surface area contributed by atoms with Gasteiger partial charge in [0.2, 0.25) is 5.88 Å². The normalized spacial score (nSPS) is 15.5. The molecule has 4 rings (SSSR count). The van der Waals surface area contributed by atoms with E-state index in [0.717, 1.165) is 37.9 Å². The number of hydrogen-bond donors (Lipinski definition) is 1. The van der Waals surface area contributed by atoms with E-state index in [1.165, 1.54) is 11.3 Å². The van der Waals surface area contributed by atoms with Gasteiger partial charge in [0.05, 0.1) is 16.3 Å². The van der Waals surface area contributed by atoms with Crippen LogP contribution in [0.2, 0.25) is 0 Å². The Hall–Kier alpha value is -2.92. The number of aliphatic imine (C=N–C) groups is 1. The molecule has 0 saturated carbocycles. The highest BCUT2D eigenvalue weighted by atomic mass is 32.1. The molecule has 0 saturated heterocycles. The number of aromatic hydroxyl groups is 1. The number of nitrogens with zero attached hydrogens (tertiary/aromatic N) is 3. The van der Waals surface area contributed by atoms with Crippen LogP contribution in [0.4, 0.5) is 11.4 Å². The Morgan fingerprint density at radius 2 is 1.80 bits per heavy atom. The van der Waals surface area contributed by atoms with Gasteiger partial charge in [0.15, 0.2) is 4.80 Å². The molecule has 0 unspecified atom stereocenters. The molecule has 0 atom stereocenters. The Morgan fingerprint density at radius 1 is 1.08 bits per heavy atom. The van der Waals surface area contributed by atoms with Gasteiger partial charge in [-0.05, 0) is 31.2 Å². The number of para-hydroxylation sites is 2. The van der Waals surface area contributed by atoms with Crippen LogP contribution in [0.3, 0.4) is 0 Å². The van der Waals surface area contributed by atoms with Crippen molar-refractivity contribution in [1.82, 2.24) is 4.57 Å². The maximum Gasteiger partial charge on any atom is 0.210 e. The van der Waals surface area contributed by atoms with E-state index in [-0.39, 0.29) is 5.88 Å². The third-order valence-electron chi connectivity index (χ3n) is 4.15. The number of hydrogen-bond acceptors (Lipinski definition) is 4. The van der Waals surface area contributed by atoms with Crippen molar-refractivity contribution < 1.29 is 5.11 Å². The summed E-state index contributed by atoms with van der Waals surface area (Å²) in [5.74, 6) is 0.212. The summed E-state index contributed by atoms with van der Waals surface area (Å²) in [5.41, 5.74) is 4.93. The van der Waals surface area contributed by atoms with Crippen LogP contribution in [0, 0.1) is 0 Å². The van der Waals surface area contributed by atoms with Crippen LogP contribution in [-0.2, 0) is 7.05 Å². The van der Waals surface area contributed by atoms with Gasteiger partial charge < -0.3 is 5.11 Å². The maximum absolute atomic E-state index is 10.5. The standard InChI is InChI=1S/C20H17N3OS/c1-13-16(15-10-6-7-11-17(15)21-13)12-18-19(24)23(2)20(25-18)22-14-8-4-3-5-9-14/h3-12,24H,1-2H3. The zero-order valence-electron chi connectivity index (χ0n) is 14.0. The van der Waals surface area contributed by atoms with Gasteiger partial charge in [0.25, 0.3) is 0 Å². The Kier molecular flexibility index (Phi) is 3.86. The van der Waals surface area contributed by atoms with E-state index in [1.807, 2.05) is 68.6 Å². The van der Waals surface area contributed by atoms with Gasteiger partial charge in [0.1, 0.15) is 0 Å². The van der Waals surface area contributed by atoms with Crippen molar-refractivity contribution in [2.45, 2.75) is 6.92 Å². The molecule has 0 fully saturated rings. The van der Waals surface area contributed by atoms with Gasteiger partial charge in [-0.2, -0.15) is 0 Å². The maximum atomic E-state index is 10.5. The summed E-state index contributed by atoms with van der Waals surface area (Å²) in [4.78, 5) is 10.7. The summed E-state index contributed by atoms with van der Waals surface area (Å²) >= 11 is 1.46. The van der Waals surface area contributed by atoms with Gasteiger partial charge in [0, 0.05) is 23.9 Å². The van der Waals surface area contributed by atoms with Crippen LogP contribution in [0.25, 0.3) is 11.6 Å². The van der Waals surface area contributed by atoms with Crippen molar-refractivity contribution in [1.29, 1.82) is 0 Å². The van der Waals surface area contributed by atoms with Crippen molar-refractivity contribution in [3.05, 3.63) is 69.8 Å². The average Bonchev–Trinajstić information content (AvgIpc) is 3.08. The van der Waals surface area contributed by atoms with Crippen molar-refractivity contribution in [2.75, 3.05) is 0 Å². The zero-order chi connectivity index (χ0) is 17.4. The quantitative estimate of drug-likeness (QED) is 0.719. The molecule has 1 aromatic heterocycles. The fourth-order valence-electron chi connectivity index (χ4n) is 2.82. The van der Waals surface area contributed by atoms with E-state index < -0.39 is 0 Å². The second-order valence-corrected chi connectivity index (χ2v) is 6.86. The minimum absolute atomic E-state index is 0.212. The predicted molar refractivity (Wildman–Crippen MR) is 104 cm³/mol. The van der Waals surface area contributed by atoms with Crippen molar-refractivity contribution in [3.8, 4) is 5.88 Å². The van der Waals surface area contributed by atoms with Crippen LogP contribution in [-0.4, -0.2) is 15.4 Å². The van der Waals surface area contributed by atoms with E-state index in [9.17, 15) is 5.11 Å². The molecule has 0 radical (unpaired) electrons. The van der Waals surface area contributed by atoms with Crippen LogP contribution < -0.4 is 4.80 Å². The van der Waals surface area contributed by atoms with Crippen molar-refractivity contribution >= 4 is 40.1 Å². The molecule has 2 heterocycles. The van der Waals surface area contributed by atoms with Gasteiger partial charge in [-0.1, -0.05) is 47.7 Å². The van der Waals surface area contributed by atoms with Crippen LogP contribution in [0.15, 0.2) is 64.6 Å². The molecule has 0 amide bonds. The fourth-order valence-corrected chi connectivity index (χ4v) is 3.80. The van der Waals surface area contributed by atoms with Crippen LogP contribution in [0.5, 0.6) is 5.88 Å². The lowest BCUT2D eigenvalue weighted by Crippen LogP contribution is -2.08. The summed E-state index contributed by atoms with van der Waals surface area (Å²) in [5, 5.41) is 10.5. The Morgan fingerprint density at radius 3 is 2.60 bits per heavy atom. The zero-order valence-corrected chi connectivity index (χ0v) is 14.8. The Balaban J connectivity index is 1.82. The molecule has 0 bridgehead atoms. The molecule has 2 aromatic carbocycles. The molecular weight excluding hydrogens is 330 g/mol. The molecule has 1 aliphatic heterocycles. The molecule has 3 aromatic rings. The van der Waals surface area contributed by atoms with Gasteiger partial charge >= 0.3 is 0 Å². The SMILES string of the molecule is CC1=Nc2ccccc2C1=Cc1sc(=Nc2ccccc2)n(C)c1O. The highest BCUT2D eigenvalue weighted by Crippen LogP contribution is 2.37. The second kappa shape index (κ2) is 6.18. The molecule has 5 heteroatoms. The molecule has 0 spiro atoms. The third-order valence-corrected chi connectivity index (χ3v) is 5.22. The summed E-state index contributed by atoms with van der Waals surface area (Å²) in [6.45, 7) is 1.99. The van der Waals surface area contributed by atoms with Crippen LogP contribution >= 0.6 is 11.3 Å². The molecule has 25 heavy (non-hydrogen) atoms. The average molecular weight is 347 g/mol. The summed E-state index contributed by atoms with van der Waals surface area (Å²) < 4.78 is 1.71. The first-order valence-electron chi connectivity index (χ1n) is 7.99. The van der Waals surface area contributed by atoms with E-state index >= 15 is 0 Å². The number of benzene rings is 2. The van der Waals surface area contributed by atoms with E-state index in [4.69, 9.17) is 0 Å². The largest absolute Gasteiger partial charge is 0.493 e. The van der Waals surface area contributed by atoms with Crippen molar-refractivity contribution in [2.24, 2.45) is 17.0 Å². The van der Waals surface area contributed by atoms with E-state index in [0.29, 0.717) is 0 Å². The minimum atomic E-state index is 0.212. The summed E-state index contributed by atoms with van der Waals surface area (Å²) in [6, 6.07) is 17.8. The van der Waals surface area contributed by atoms with Gasteiger partial charge in [-0.15, -0.1) is 0 Å². The molecule has 4 nitrogen and oxygen atoms in total. The topological polar surface area (TPSA) is 49.9 Å². The predicted octanol–water partition coefficient (Wildman–Crippen LogP) is 4.67. The number of rotatable bonds is 2. The second-order valence-electron chi connectivity index (χ2n) is 5.85. The monoisotopic (exact) mass is 347 g/mol. The highest BCUT2D eigenvalue weighted by molar-refractivity contribution is 7.10. The van der Waals surface area contributed by atoms with E-state index in [2.05, 4.69) is 16.1 Å². The van der Waals surface area contributed by atoms with Gasteiger partial charge in [-0.25, -0.2) is 4.99 Å². The first-order chi connectivity index (χ1) is 12.1. The fraction of sp³-hybridized carbons (Fsp3) is 0.100. The van der Waals surface area contributed by atoms with Crippen LogP contribution in [0.1, 0.15) is 17.4 Å². The number of thiazole rings is 1. The minimum Gasteiger partial charge on any atom is -0.493 e. The van der Waals surface area contributed by atoms with Crippen molar-refractivity contribution in [3.63, 3.8) is 0 Å². The molecule has 124 valence electrons. The molecule has 1 N–H and O–H groups in total. The first kappa shape index (κ1) is 15.6. The lowest BCUT2D eigenvalue weighted by atomic mass is 10.0. The number of aromatic nitrogens is 1. The molecular formula is C20H17N3OS.